The minimum absolute atomic E-state index is 0.0608. The first-order valence-electron chi connectivity index (χ1n) is 10.7. The summed E-state index contributed by atoms with van der Waals surface area (Å²) in [6.07, 6.45) is 7.49. The van der Waals surface area contributed by atoms with E-state index < -0.39 is 0 Å². The average molecular weight is 372 g/mol. The summed E-state index contributed by atoms with van der Waals surface area (Å²) in [5.41, 5.74) is 2.24. The molecule has 4 bridgehead atoms. The number of carbonyl (C=O) groups is 1. The molecule has 5 rings (SSSR count). The monoisotopic (exact) mass is 371 g/mol. The zero-order valence-electron chi connectivity index (χ0n) is 16.5. The average Bonchev–Trinajstić information content (AvgIpc) is 2.65. The number of hydrogen-bond acceptors (Lipinski definition) is 3. The van der Waals surface area contributed by atoms with Crippen LogP contribution in [-0.2, 0) is 27.4 Å². The van der Waals surface area contributed by atoms with E-state index in [4.69, 9.17) is 9.47 Å². The number of carbonyl (C=O) groups excluding carboxylic acids is 1. The molecule has 0 saturated heterocycles. The zero-order chi connectivity index (χ0) is 18.7. The fourth-order valence-electron chi connectivity index (χ4n) is 6.04. The Hall–Kier alpha value is -1.39. The van der Waals surface area contributed by atoms with Gasteiger partial charge in [-0.25, -0.2) is 0 Å². The van der Waals surface area contributed by atoms with Gasteiger partial charge in [0, 0.05) is 18.6 Å². The summed E-state index contributed by atoms with van der Waals surface area (Å²) in [4.78, 5) is 13.1. The maximum atomic E-state index is 13.1. The second-order valence-corrected chi connectivity index (χ2v) is 8.95. The van der Waals surface area contributed by atoms with Crippen LogP contribution in [0.5, 0.6) is 0 Å². The maximum absolute atomic E-state index is 13.1. The summed E-state index contributed by atoms with van der Waals surface area (Å²) in [7, 11) is 0. The molecule has 4 saturated carbocycles. The molecule has 1 amide bonds. The van der Waals surface area contributed by atoms with Crippen molar-refractivity contribution in [3.05, 3.63) is 35.4 Å². The van der Waals surface area contributed by atoms with Crippen LogP contribution in [0.1, 0.15) is 56.6 Å². The Morgan fingerprint density at radius 1 is 1.04 bits per heavy atom. The van der Waals surface area contributed by atoms with Gasteiger partial charge in [-0.3, -0.25) is 4.79 Å². The van der Waals surface area contributed by atoms with E-state index in [1.54, 1.807) is 0 Å². The van der Waals surface area contributed by atoms with Gasteiger partial charge in [-0.05, 0) is 74.3 Å². The van der Waals surface area contributed by atoms with Gasteiger partial charge >= 0.3 is 0 Å². The highest BCUT2D eigenvalue weighted by Gasteiger charge is 2.54. The molecule has 27 heavy (non-hydrogen) atoms. The molecule has 0 aliphatic heterocycles. The molecule has 4 aliphatic carbocycles. The number of benzene rings is 1. The van der Waals surface area contributed by atoms with E-state index in [0.717, 1.165) is 54.7 Å². The quantitative estimate of drug-likeness (QED) is 0.666. The van der Waals surface area contributed by atoms with Crippen LogP contribution in [0.4, 0.5) is 0 Å². The van der Waals surface area contributed by atoms with Crippen LogP contribution in [0, 0.1) is 23.2 Å². The Morgan fingerprint density at radius 3 is 2.33 bits per heavy atom. The van der Waals surface area contributed by atoms with Crippen LogP contribution < -0.4 is 5.32 Å². The second-order valence-electron chi connectivity index (χ2n) is 8.95. The molecule has 1 aromatic rings. The van der Waals surface area contributed by atoms with Crippen molar-refractivity contribution in [1.82, 2.24) is 5.32 Å². The van der Waals surface area contributed by atoms with Crippen LogP contribution >= 0.6 is 0 Å². The standard InChI is InChI=1S/C23H33NO3/c1-2-26-6-7-27-16-18-5-3-4-17(8-18)15-24-22(25)23-12-19-9-20(13-23)11-21(10-19)14-23/h3-5,8,19-21H,2,6-7,9-16H2,1H3,(H,24,25). The van der Waals surface area contributed by atoms with Gasteiger partial charge in [0.1, 0.15) is 0 Å². The topological polar surface area (TPSA) is 47.6 Å². The molecule has 148 valence electrons. The van der Waals surface area contributed by atoms with E-state index in [9.17, 15) is 4.79 Å². The highest BCUT2D eigenvalue weighted by Crippen LogP contribution is 2.60. The first-order valence-corrected chi connectivity index (χ1v) is 10.7. The number of nitrogens with one attached hydrogen (secondary N) is 1. The van der Waals surface area contributed by atoms with Crippen molar-refractivity contribution in [2.75, 3.05) is 19.8 Å². The molecule has 4 aliphatic rings. The Kier molecular flexibility index (Phi) is 5.84. The van der Waals surface area contributed by atoms with Crippen LogP contribution in [0.25, 0.3) is 0 Å². The smallest absolute Gasteiger partial charge is 0.226 e. The summed E-state index contributed by atoms with van der Waals surface area (Å²) < 4.78 is 10.9. The van der Waals surface area contributed by atoms with Crippen molar-refractivity contribution in [3.8, 4) is 0 Å². The van der Waals surface area contributed by atoms with E-state index in [2.05, 4.69) is 23.5 Å². The normalized spacial score (nSPS) is 31.2. The van der Waals surface area contributed by atoms with Crippen molar-refractivity contribution in [2.45, 2.75) is 58.6 Å². The largest absolute Gasteiger partial charge is 0.379 e. The second kappa shape index (κ2) is 8.32. The minimum Gasteiger partial charge on any atom is -0.379 e. The van der Waals surface area contributed by atoms with Crippen LogP contribution in [0.2, 0.25) is 0 Å². The van der Waals surface area contributed by atoms with Gasteiger partial charge in [-0.15, -0.1) is 0 Å². The third kappa shape index (κ3) is 4.38. The van der Waals surface area contributed by atoms with Gasteiger partial charge in [0.25, 0.3) is 0 Å². The molecular formula is C23H33NO3. The molecule has 0 spiro atoms. The predicted molar refractivity (Wildman–Crippen MR) is 105 cm³/mol. The van der Waals surface area contributed by atoms with Crippen LogP contribution in [-0.4, -0.2) is 25.7 Å². The summed E-state index contributed by atoms with van der Waals surface area (Å²) in [6.45, 7) is 5.17. The first kappa shape index (κ1) is 18.9. The van der Waals surface area contributed by atoms with Crippen molar-refractivity contribution < 1.29 is 14.3 Å². The van der Waals surface area contributed by atoms with Gasteiger partial charge in [-0.2, -0.15) is 0 Å². The van der Waals surface area contributed by atoms with E-state index in [0.29, 0.717) is 32.3 Å². The van der Waals surface area contributed by atoms with Crippen molar-refractivity contribution in [2.24, 2.45) is 23.2 Å². The Morgan fingerprint density at radius 2 is 1.67 bits per heavy atom. The lowest BCUT2D eigenvalue weighted by Gasteiger charge is -2.55. The molecule has 0 heterocycles. The molecule has 0 radical (unpaired) electrons. The number of rotatable bonds is 9. The van der Waals surface area contributed by atoms with E-state index in [1.165, 1.54) is 19.3 Å². The number of hydrogen-bond donors (Lipinski definition) is 1. The maximum Gasteiger partial charge on any atom is 0.226 e. The minimum atomic E-state index is -0.0608. The van der Waals surface area contributed by atoms with Gasteiger partial charge in [0.15, 0.2) is 0 Å². The Balaban J connectivity index is 1.29. The lowest BCUT2D eigenvalue weighted by molar-refractivity contribution is -0.146. The molecular weight excluding hydrogens is 338 g/mol. The van der Waals surface area contributed by atoms with Crippen molar-refractivity contribution >= 4 is 5.91 Å². The van der Waals surface area contributed by atoms with Crippen LogP contribution in [0.15, 0.2) is 24.3 Å². The highest BCUT2D eigenvalue weighted by molar-refractivity contribution is 5.83. The predicted octanol–water partition coefficient (Wildman–Crippen LogP) is 4.07. The van der Waals surface area contributed by atoms with Crippen molar-refractivity contribution in [3.63, 3.8) is 0 Å². The third-order valence-electron chi connectivity index (χ3n) is 6.81. The number of amides is 1. The zero-order valence-corrected chi connectivity index (χ0v) is 16.5. The summed E-state index contributed by atoms with van der Waals surface area (Å²) >= 11 is 0. The molecule has 4 fully saturated rings. The Bertz CT molecular complexity index is 621. The SMILES string of the molecule is CCOCCOCc1cccc(CNC(=O)C23CC4CC(CC(C4)C2)C3)c1. The van der Waals surface area contributed by atoms with Gasteiger partial charge in [0.2, 0.25) is 5.91 Å². The van der Waals surface area contributed by atoms with E-state index in [-0.39, 0.29) is 5.41 Å². The molecule has 0 aromatic heterocycles. The van der Waals surface area contributed by atoms with Gasteiger partial charge < -0.3 is 14.8 Å². The van der Waals surface area contributed by atoms with E-state index in [1.807, 2.05) is 13.0 Å². The van der Waals surface area contributed by atoms with E-state index >= 15 is 0 Å². The fraction of sp³-hybridized carbons (Fsp3) is 0.696. The molecule has 4 nitrogen and oxygen atoms in total. The molecule has 1 N–H and O–H groups in total. The molecule has 4 heteroatoms. The molecule has 0 unspecified atom stereocenters. The van der Waals surface area contributed by atoms with Crippen LogP contribution in [0.3, 0.4) is 0 Å². The lowest BCUT2D eigenvalue weighted by Crippen LogP contribution is -2.53. The molecule has 0 atom stereocenters. The summed E-state index contributed by atoms with van der Waals surface area (Å²) in [5.74, 6) is 2.72. The van der Waals surface area contributed by atoms with Crippen molar-refractivity contribution in [1.29, 1.82) is 0 Å². The Labute approximate surface area is 163 Å². The first-order chi connectivity index (χ1) is 13.2. The highest BCUT2D eigenvalue weighted by atomic mass is 16.5. The fourth-order valence-corrected chi connectivity index (χ4v) is 6.04. The third-order valence-corrected chi connectivity index (χ3v) is 6.81. The summed E-state index contributed by atoms with van der Waals surface area (Å²) in [6, 6.07) is 8.35. The van der Waals surface area contributed by atoms with Gasteiger partial charge in [-0.1, -0.05) is 24.3 Å². The number of ether oxygens (including phenoxy) is 2. The van der Waals surface area contributed by atoms with Gasteiger partial charge in [0.05, 0.1) is 19.8 Å². The summed E-state index contributed by atoms with van der Waals surface area (Å²) in [5, 5.41) is 3.27. The molecule has 1 aromatic carbocycles. The lowest BCUT2D eigenvalue weighted by atomic mass is 9.49.